The monoisotopic (exact) mass is 433 g/mol. The van der Waals surface area contributed by atoms with Crippen LogP contribution in [0.25, 0.3) is 0 Å². The fraction of sp³-hybridized carbons (Fsp3) is 0.478. The quantitative estimate of drug-likeness (QED) is 0.635. The summed E-state index contributed by atoms with van der Waals surface area (Å²) in [5.74, 6) is -3.14. The minimum absolute atomic E-state index is 0.0762. The summed E-state index contributed by atoms with van der Waals surface area (Å²) in [7, 11) is 0. The highest BCUT2D eigenvalue weighted by atomic mass is 19.3. The molecule has 1 amide bonds. The van der Waals surface area contributed by atoms with Gasteiger partial charge >= 0.3 is 0 Å². The number of halogens is 2. The number of hydrogen-bond donors (Lipinski definition) is 1. The summed E-state index contributed by atoms with van der Waals surface area (Å²) in [6.07, 6.45) is 1.51. The Bertz CT molecular complexity index is 956. The molecular formula is C23H29F2N3O3. The third-order valence-corrected chi connectivity index (χ3v) is 4.65. The number of pyridine rings is 2. The van der Waals surface area contributed by atoms with Gasteiger partial charge < -0.3 is 10.1 Å². The van der Waals surface area contributed by atoms with E-state index in [0.29, 0.717) is 11.3 Å². The van der Waals surface area contributed by atoms with Crippen molar-refractivity contribution < 1.29 is 23.1 Å². The second-order valence-corrected chi connectivity index (χ2v) is 8.22. The predicted octanol–water partition coefficient (Wildman–Crippen LogP) is 4.39. The van der Waals surface area contributed by atoms with Crippen LogP contribution in [0.4, 0.5) is 8.78 Å². The van der Waals surface area contributed by atoms with Gasteiger partial charge in [-0.2, -0.15) is 0 Å². The Labute approximate surface area is 181 Å². The molecular weight excluding hydrogens is 404 g/mol. The molecule has 0 radical (unpaired) electrons. The van der Waals surface area contributed by atoms with Crippen molar-refractivity contribution in [2.75, 3.05) is 6.61 Å². The Balaban J connectivity index is 2.11. The minimum Gasteiger partial charge on any atom is -0.485 e. The van der Waals surface area contributed by atoms with Crippen molar-refractivity contribution in [2.24, 2.45) is 5.92 Å². The van der Waals surface area contributed by atoms with Crippen molar-refractivity contribution in [1.29, 1.82) is 0 Å². The zero-order chi connectivity index (χ0) is 23.3. The first kappa shape index (κ1) is 24.4. The lowest BCUT2D eigenvalue weighted by molar-refractivity contribution is -0.121. The van der Waals surface area contributed by atoms with Gasteiger partial charge in [0.25, 0.3) is 11.8 Å². The zero-order valence-corrected chi connectivity index (χ0v) is 18.8. The molecule has 31 heavy (non-hydrogen) atoms. The Morgan fingerprint density at radius 1 is 1.16 bits per heavy atom. The Morgan fingerprint density at radius 3 is 2.42 bits per heavy atom. The van der Waals surface area contributed by atoms with Crippen LogP contribution in [0.1, 0.15) is 66.7 Å². The summed E-state index contributed by atoms with van der Waals surface area (Å²) in [6.45, 7) is 9.03. The number of hydrogen-bond acceptors (Lipinski definition) is 5. The molecule has 1 atom stereocenters. The second-order valence-electron chi connectivity index (χ2n) is 8.22. The number of amides is 1. The molecule has 168 valence electrons. The molecule has 0 saturated heterocycles. The average molecular weight is 433 g/mol. The smallest absolute Gasteiger partial charge is 0.278 e. The molecule has 0 saturated carbocycles. The maximum Gasteiger partial charge on any atom is 0.278 e. The number of aromatic nitrogens is 2. The molecule has 0 spiro atoms. The van der Waals surface area contributed by atoms with Crippen LogP contribution >= 0.6 is 0 Å². The van der Waals surface area contributed by atoms with Crippen LogP contribution < -0.4 is 10.1 Å². The van der Waals surface area contributed by atoms with E-state index in [-0.39, 0.29) is 35.6 Å². The van der Waals surface area contributed by atoms with Gasteiger partial charge in [0.1, 0.15) is 17.2 Å². The molecule has 1 unspecified atom stereocenters. The van der Waals surface area contributed by atoms with E-state index in [1.807, 2.05) is 39.8 Å². The molecule has 0 fully saturated rings. The van der Waals surface area contributed by atoms with Gasteiger partial charge in [0.05, 0.1) is 12.2 Å². The summed E-state index contributed by atoms with van der Waals surface area (Å²) >= 11 is 0. The summed E-state index contributed by atoms with van der Waals surface area (Å²) in [5, 5.41) is 2.87. The van der Waals surface area contributed by atoms with E-state index in [2.05, 4.69) is 15.3 Å². The fourth-order valence-electron chi connectivity index (χ4n) is 2.87. The molecule has 2 rings (SSSR count). The molecule has 8 heteroatoms. The standard InChI is InChI=1S/C23H29F2N3O3/c1-13(2)20(29)10-18-9-17(8-15(4)27-18)16(5)28-22(30)19-7-14(3)21(11-26-19)31-12-23(6,24)25/h7-9,11,13,16H,10,12H2,1-6H3,(H,28,30). The van der Waals surface area contributed by atoms with Gasteiger partial charge in [-0.15, -0.1) is 0 Å². The average Bonchev–Trinajstić information content (AvgIpc) is 2.65. The third kappa shape index (κ3) is 7.38. The van der Waals surface area contributed by atoms with E-state index >= 15 is 0 Å². The molecule has 6 nitrogen and oxygen atoms in total. The molecule has 0 aliphatic rings. The Kier molecular flexibility index (Phi) is 7.81. The molecule has 0 bridgehead atoms. The fourth-order valence-corrected chi connectivity index (χ4v) is 2.87. The van der Waals surface area contributed by atoms with E-state index in [9.17, 15) is 18.4 Å². The zero-order valence-electron chi connectivity index (χ0n) is 18.8. The lowest BCUT2D eigenvalue weighted by Crippen LogP contribution is -2.28. The summed E-state index contributed by atoms with van der Waals surface area (Å²) in [4.78, 5) is 33.2. The first-order chi connectivity index (χ1) is 14.4. The van der Waals surface area contributed by atoms with Gasteiger partial charge in [0.2, 0.25) is 0 Å². The van der Waals surface area contributed by atoms with Gasteiger partial charge in [0.15, 0.2) is 6.61 Å². The SMILES string of the molecule is Cc1cc(C(C)NC(=O)c2cc(C)c(OCC(C)(F)F)cn2)cc(CC(=O)C(C)C)n1. The highest BCUT2D eigenvalue weighted by Gasteiger charge is 2.23. The maximum absolute atomic E-state index is 13.0. The number of nitrogens with zero attached hydrogens (tertiary/aromatic N) is 2. The first-order valence-corrected chi connectivity index (χ1v) is 10.1. The number of carbonyl (C=O) groups excluding carboxylic acids is 2. The summed E-state index contributed by atoms with van der Waals surface area (Å²) in [5.41, 5.74) is 2.94. The number of carbonyl (C=O) groups is 2. The normalized spacial score (nSPS) is 12.5. The Morgan fingerprint density at radius 2 is 1.84 bits per heavy atom. The number of ether oxygens (including phenoxy) is 1. The summed E-state index contributed by atoms with van der Waals surface area (Å²) in [6, 6.07) is 4.82. The highest BCUT2D eigenvalue weighted by molar-refractivity contribution is 5.92. The predicted molar refractivity (Wildman–Crippen MR) is 113 cm³/mol. The van der Waals surface area contributed by atoms with Gasteiger partial charge in [-0.05, 0) is 50.1 Å². The number of ketones is 1. The van der Waals surface area contributed by atoms with E-state index in [4.69, 9.17) is 4.74 Å². The van der Waals surface area contributed by atoms with E-state index in [1.165, 1.54) is 12.3 Å². The van der Waals surface area contributed by atoms with Crippen LogP contribution in [-0.4, -0.2) is 34.2 Å². The van der Waals surface area contributed by atoms with Crippen molar-refractivity contribution in [2.45, 2.75) is 59.9 Å². The van der Waals surface area contributed by atoms with Crippen LogP contribution in [0.5, 0.6) is 5.75 Å². The van der Waals surface area contributed by atoms with Gasteiger partial charge in [-0.3, -0.25) is 14.6 Å². The van der Waals surface area contributed by atoms with Crippen LogP contribution in [0.3, 0.4) is 0 Å². The van der Waals surface area contributed by atoms with Crippen molar-refractivity contribution in [3.63, 3.8) is 0 Å². The van der Waals surface area contributed by atoms with Crippen molar-refractivity contribution in [3.05, 3.63) is 52.6 Å². The maximum atomic E-state index is 13.0. The third-order valence-electron chi connectivity index (χ3n) is 4.65. The van der Waals surface area contributed by atoms with Gasteiger partial charge in [-0.25, -0.2) is 13.8 Å². The van der Waals surface area contributed by atoms with E-state index in [0.717, 1.165) is 18.2 Å². The minimum atomic E-state index is -2.96. The molecule has 2 aromatic rings. The lowest BCUT2D eigenvalue weighted by Gasteiger charge is -2.17. The van der Waals surface area contributed by atoms with Crippen molar-refractivity contribution >= 4 is 11.7 Å². The topological polar surface area (TPSA) is 81.2 Å². The van der Waals surface area contributed by atoms with Gasteiger partial charge in [0, 0.05) is 30.7 Å². The van der Waals surface area contributed by atoms with Crippen LogP contribution in [0.2, 0.25) is 0 Å². The molecule has 2 heterocycles. The number of rotatable bonds is 9. The second kappa shape index (κ2) is 9.94. The molecule has 0 aliphatic heterocycles. The molecule has 0 aliphatic carbocycles. The van der Waals surface area contributed by atoms with Gasteiger partial charge in [-0.1, -0.05) is 13.8 Å². The van der Waals surface area contributed by atoms with E-state index in [1.54, 1.807) is 6.92 Å². The lowest BCUT2D eigenvalue weighted by atomic mass is 10.0. The molecule has 1 N–H and O–H groups in total. The summed E-state index contributed by atoms with van der Waals surface area (Å²) < 4.78 is 31.1. The van der Waals surface area contributed by atoms with Crippen LogP contribution in [0, 0.1) is 19.8 Å². The first-order valence-electron chi connectivity index (χ1n) is 10.1. The number of nitrogens with one attached hydrogen (secondary N) is 1. The number of alkyl halides is 2. The van der Waals surface area contributed by atoms with E-state index < -0.39 is 18.4 Å². The van der Waals surface area contributed by atoms with Crippen LogP contribution in [0.15, 0.2) is 24.4 Å². The number of Topliss-reactive ketones (excluding diaryl/α,β-unsaturated/α-hetero) is 1. The Hall–Kier alpha value is -2.90. The van der Waals surface area contributed by atoms with Crippen molar-refractivity contribution in [1.82, 2.24) is 15.3 Å². The van der Waals surface area contributed by atoms with Crippen molar-refractivity contribution in [3.8, 4) is 5.75 Å². The highest BCUT2D eigenvalue weighted by Crippen LogP contribution is 2.21. The largest absolute Gasteiger partial charge is 0.485 e. The number of aryl methyl sites for hydroxylation is 2. The molecule has 0 aromatic carbocycles. The molecule has 2 aromatic heterocycles. The van der Waals surface area contributed by atoms with Crippen LogP contribution in [-0.2, 0) is 11.2 Å².